The van der Waals surface area contributed by atoms with E-state index in [0.29, 0.717) is 17.8 Å². The van der Waals surface area contributed by atoms with Crippen molar-refractivity contribution in [3.05, 3.63) is 273 Å². The normalized spacial score (nSPS) is 12.0. The van der Waals surface area contributed by atoms with Crippen LogP contribution in [0.15, 0.2) is 282 Å². The molecule has 0 aliphatic heterocycles. The molecule has 18 rings (SSSR count). The van der Waals surface area contributed by atoms with E-state index in [4.69, 9.17) is 23.8 Å². The van der Waals surface area contributed by atoms with Crippen molar-refractivity contribution in [2.75, 3.05) is 4.90 Å². The Labute approximate surface area is 479 Å². The zero-order chi connectivity index (χ0) is 55.0. The second-order valence-corrected chi connectivity index (χ2v) is 21.6. The smallest absolute Gasteiger partial charge is 0.241 e. The summed E-state index contributed by atoms with van der Waals surface area (Å²) in [6.07, 6.45) is 0. The lowest BCUT2D eigenvalue weighted by atomic mass is 10.0. The molecule has 0 atom stereocenters. The van der Waals surface area contributed by atoms with Crippen molar-refractivity contribution < 1.29 is 8.83 Å². The SMILES string of the molecule is c1ccc(N(c2ccccc2)c2ccc3c(c2)c2ccccc2n3-c2nc(-n3c4ccccc4c4cc(-c5ccc6oc7ccccc7c6c5)ccc43)nc(-n3c4ccccc4c4cc(-c5ccc6oc7ccccc7c6c5)ccc43)n2)cc1. The van der Waals surface area contributed by atoms with Gasteiger partial charge in [-0.15, -0.1) is 0 Å². The monoisotopic (exact) mass is 1080 g/mol. The van der Waals surface area contributed by atoms with Crippen molar-refractivity contribution in [1.82, 2.24) is 28.7 Å². The topological polar surface area (TPSA) is 83.0 Å². The predicted octanol–water partition coefficient (Wildman–Crippen LogP) is 19.8. The Bertz CT molecular complexity index is 5420. The Balaban J connectivity index is 0.874. The van der Waals surface area contributed by atoms with E-state index in [9.17, 15) is 0 Å². The van der Waals surface area contributed by atoms with Gasteiger partial charge in [-0.3, -0.25) is 13.7 Å². The van der Waals surface area contributed by atoms with Gasteiger partial charge in [-0.05, 0) is 144 Å². The summed E-state index contributed by atoms with van der Waals surface area (Å²) in [4.78, 5) is 19.2. The van der Waals surface area contributed by atoms with Crippen molar-refractivity contribution >= 4 is 126 Å². The number of anilines is 3. The number of para-hydroxylation sites is 7. The standard InChI is InChI=1S/C75H45N7O2/c1-3-17-50(18-4-1)79(51-19-5-2-6-20-51)52-35-38-68-60(45-52)55-23-9-14-28-65(55)82(68)75-77-73(80-63-26-12-7-21-53(63)58-41-46(31-36-66(58)80)48-33-39-71-61(43-48)56-24-10-15-29-69(56)83-71)76-74(78-75)81-64-27-13-8-22-54(64)59-42-47(32-37-67(59)81)49-34-40-72-62(44-49)57-25-11-16-30-70(57)84-72/h1-45H. The van der Waals surface area contributed by atoms with Gasteiger partial charge in [0.1, 0.15) is 22.3 Å². The van der Waals surface area contributed by atoms with Gasteiger partial charge in [0.05, 0.1) is 33.1 Å². The predicted molar refractivity (Wildman–Crippen MR) is 343 cm³/mol. The minimum atomic E-state index is 0.489. The van der Waals surface area contributed by atoms with Crippen molar-refractivity contribution in [1.29, 1.82) is 0 Å². The number of aromatic nitrogens is 6. The van der Waals surface area contributed by atoms with E-state index in [1.807, 2.05) is 24.3 Å². The van der Waals surface area contributed by atoms with Crippen LogP contribution in [0.4, 0.5) is 17.1 Å². The largest absolute Gasteiger partial charge is 0.456 e. The van der Waals surface area contributed by atoms with E-state index >= 15 is 0 Å². The van der Waals surface area contributed by atoms with Crippen LogP contribution in [0.2, 0.25) is 0 Å². The summed E-state index contributed by atoms with van der Waals surface area (Å²) in [7, 11) is 0. The third kappa shape index (κ3) is 6.99. The van der Waals surface area contributed by atoms with E-state index in [0.717, 1.165) is 149 Å². The van der Waals surface area contributed by atoms with E-state index in [-0.39, 0.29) is 0 Å². The van der Waals surface area contributed by atoms with Crippen LogP contribution in [0, 0.1) is 0 Å². The second kappa shape index (κ2) is 18.0. The molecule has 0 bridgehead atoms. The molecule has 12 aromatic carbocycles. The third-order valence-electron chi connectivity index (χ3n) is 16.9. The molecular formula is C75H45N7O2. The van der Waals surface area contributed by atoms with E-state index < -0.39 is 0 Å². The maximum atomic E-state index is 6.25. The number of hydrogen-bond donors (Lipinski definition) is 0. The first kappa shape index (κ1) is 46.2. The van der Waals surface area contributed by atoms with Crippen molar-refractivity contribution in [2.45, 2.75) is 0 Å². The Hall–Kier alpha value is -11.6. The average molecular weight is 1080 g/mol. The summed E-state index contributed by atoms with van der Waals surface area (Å²) in [5, 5.41) is 10.9. The molecular weight excluding hydrogens is 1030 g/mol. The molecule has 18 aromatic rings. The first-order valence-electron chi connectivity index (χ1n) is 28.2. The Morgan fingerprint density at radius 2 is 0.536 bits per heavy atom. The second-order valence-electron chi connectivity index (χ2n) is 21.6. The lowest BCUT2D eigenvalue weighted by molar-refractivity contribution is 0.668. The maximum absolute atomic E-state index is 6.25. The van der Waals surface area contributed by atoms with Crippen molar-refractivity contribution in [2.24, 2.45) is 0 Å². The van der Waals surface area contributed by atoms with E-state index in [1.54, 1.807) is 0 Å². The van der Waals surface area contributed by atoms with Crippen molar-refractivity contribution in [3.63, 3.8) is 0 Å². The van der Waals surface area contributed by atoms with Gasteiger partial charge in [0.2, 0.25) is 17.8 Å². The molecule has 0 saturated carbocycles. The molecule has 392 valence electrons. The molecule has 6 heterocycles. The van der Waals surface area contributed by atoms with Crippen LogP contribution in [-0.4, -0.2) is 28.7 Å². The maximum Gasteiger partial charge on any atom is 0.241 e. The number of fused-ring (bicyclic) bond motifs is 15. The van der Waals surface area contributed by atoms with Gasteiger partial charge in [-0.2, -0.15) is 15.0 Å². The van der Waals surface area contributed by atoms with Crippen LogP contribution in [0.1, 0.15) is 0 Å². The molecule has 0 spiro atoms. The first-order valence-corrected chi connectivity index (χ1v) is 28.2. The lowest BCUT2D eigenvalue weighted by Crippen LogP contribution is -2.13. The summed E-state index contributed by atoms with van der Waals surface area (Å²) >= 11 is 0. The number of furan rings is 2. The molecule has 9 nitrogen and oxygen atoms in total. The molecule has 0 fully saturated rings. The third-order valence-corrected chi connectivity index (χ3v) is 16.9. The molecule has 0 unspecified atom stereocenters. The fraction of sp³-hybridized carbons (Fsp3) is 0. The molecule has 9 heteroatoms. The molecule has 0 aliphatic rings. The summed E-state index contributed by atoms with van der Waals surface area (Å²) in [6, 6.07) is 96.4. The van der Waals surface area contributed by atoms with Crippen LogP contribution in [0.3, 0.4) is 0 Å². The van der Waals surface area contributed by atoms with Gasteiger partial charge in [0.15, 0.2) is 0 Å². The number of benzene rings is 12. The fourth-order valence-electron chi connectivity index (χ4n) is 13.1. The number of rotatable bonds is 8. The highest BCUT2D eigenvalue weighted by atomic mass is 16.3. The first-order chi connectivity index (χ1) is 41.6. The number of nitrogens with zero attached hydrogens (tertiary/aromatic N) is 7. The fourth-order valence-corrected chi connectivity index (χ4v) is 13.1. The van der Waals surface area contributed by atoms with Gasteiger partial charge >= 0.3 is 0 Å². The highest BCUT2D eigenvalue weighted by Crippen LogP contribution is 2.43. The summed E-state index contributed by atoms with van der Waals surface area (Å²) in [6.45, 7) is 0. The van der Waals surface area contributed by atoms with Crippen LogP contribution >= 0.6 is 0 Å². The molecule has 0 amide bonds. The molecule has 0 radical (unpaired) electrons. The van der Waals surface area contributed by atoms with Crippen LogP contribution in [-0.2, 0) is 0 Å². The average Bonchev–Trinajstić information content (AvgIpc) is 4.23. The van der Waals surface area contributed by atoms with Gasteiger partial charge in [0.25, 0.3) is 0 Å². The Kier molecular flexibility index (Phi) is 9.89. The molecule has 0 N–H and O–H groups in total. The minimum absolute atomic E-state index is 0.489. The van der Waals surface area contributed by atoms with Crippen LogP contribution < -0.4 is 4.90 Å². The highest BCUT2D eigenvalue weighted by molar-refractivity contribution is 6.14. The quantitative estimate of drug-likeness (QED) is 0.151. The minimum Gasteiger partial charge on any atom is -0.456 e. The molecule has 0 aliphatic carbocycles. The Morgan fingerprint density at radius 1 is 0.226 bits per heavy atom. The van der Waals surface area contributed by atoms with E-state index in [2.05, 4.69) is 267 Å². The van der Waals surface area contributed by atoms with Crippen LogP contribution in [0.25, 0.3) is 149 Å². The van der Waals surface area contributed by atoms with Gasteiger partial charge in [0, 0.05) is 70.9 Å². The van der Waals surface area contributed by atoms with E-state index in [1.165, 1.54) is 0 Å². The molecule has 6 aromatic heterocycles. The zero-order valence-electron chi connectivity index (χ0n) is 44.9. The van der Waals surface area contributed by atoms with Gasteiger partial charge < -0.3 is 13.7 Å². The summed E-state index contributed by atoms with van der Waals surface area (Å²) < 4.78 is 19.1. The number of hydrogen-bond acceptors (Lipinski definition) is 6. The zero-order valence-corrected chi connectivity index (χ0v) is 44.9. The summed E-state index contributed by atoms with van der Waals surface area (Å²) in [5.41, 5.74) is 16.9. The van der Waals surface area contributed by atoms with Gasteiger partial charge in [-0.25, -0.2) is 0 Å². The highest BCUT2D eigenvalue weighted by Gasteiger charge is 2.25. The Morgan fingerprint density at radius 3 is 0.964 bits per heavy atom. The van der Waals surface area contributed by atoms with Gasteiger partial charge in [-0.1, -0.05) is 152 Å². The molecule has 0 saturated heterocycles. The lowest BCUT2D eigenvalue weighted by Gasteiger charge is -2.25. The summed E-state index contributed by atoms with van der Waals surface area (Å²) in [5.74, 6) is 1.47. The van der Waals surface area contributed by atoms with Crippen molar-refractivity contribution in [3.8, 4) is 40.1 Å². The molecule has 84 heavy (non-hydrogen) atoms. The van der Waals surface area contributed by atoms with Crippen LogP contribution in [0.5, 0.6) is 0 Å².